The van der Waals surface area contributed by atoms with Gasteiger partial charge in [0, 0.05) is 0 Å². The van der Waals surface area contributed by atoms with Crippen LogP contribution in [0, 0.1) is 13.8 Å². The standard InChI is InChI=1S/C9H10ClNO2.C7H7ClN2O/c1-3-13-9(12)7-5-4-6(2)8(10)11-7;1-4-2-3-5(7(9)11)10-6(4)8/h4-5H,3H2,1-2H3;2-3H,1H3,(H2,9,11). The number of carbonyl (C=O) groups excluding carboxylic acids is 2. The van der Waals surface area contributed by atoms with Gasteiger partial charge in [-0.2, -0.15) is 0 Å². The molecule has 0 aromatic carbocycles. The van der Waals surface area contributed by atoms with Gasteiger partial charge in [-0.05, 0) is 44.0 Å². The minimum atomic E-state index is -0.563. The van der Waals surface area contributed by atoms with Crippen molar-refractivity contribution < 1.29 is 14.3 Å². The second kappa shape index (κ2) is 9.20. The number of pyridine rings is 2. The monoisotopic (exact) mass is 369 g/mol. The first kappa shape index (κ1) is 19.9. The van der Waals surface area contributed by atoms with Gasteiger partial charge in [-0.25, -0.2) is 14.8 Å². The number of ether oxygens (including phenoxy) is 1. The van der Waals surface area contributed by atoms with Gasteiger partial charge in [0.05, 0.1) is 6.61 Å². The highest BCUT2D eigenvalue weighted by molar-refractivity contribution is 6.30. The van der Waals surface area contributed by atoms with Crippen molar-refractivity contribution in [1.82, 2.24) is 9.97 Å². The Kier molecular flexibility index (Phi) is 7.61. The molecule has 0 saturated heterocycles. The molecule has 0 aliphatic heterocycles. The van der Waals surface area contributed by atoms with Crippen molar-refractivity contribution in [1.29, 1.82) is 0 Å². The largest absolute Gasteiger partial charge is 0.461 e. The predicted molar refractivity (Wildman–Crippen MR) is 92.4 cm³/mol. The fourth-order valence-corrected chi connectivity index (χ4v) is 1.77. The molecule has 0 radical (unpaired) electrons. The molecule has 6 nitrogen and oxygen atoms in total. The molecule has 0 spiro atoms. The van der Waals surface area contributed by atoms with Crippen LogP contribution in [0.25, 0.3) is 0 Å². The molecule has 2 heterocycles. The highest BCUT2D eigenvalue weighted by Gasteiger charge is 2.09. The lowest BCUT2D eigenvalue weighted by atomic mass is 10.3. The van der Waals surface area contributed by atoms with Crippen molar-refractivity contribution in [3.8, 4) is 0 Å². The summed E-state index contributed by atoms with van der Waals surface area (Å²) < 4.78 is 4.76. The summed E-state index contributed by atoms with van der Waals surface area (Å²) in [7, 11) is 0. The summed E-state index contributed by atoms with van der Waals surface area (Å²) in [6, 6.07) is 6.58. The van der Waals surface area contributed by atoms with Crippen LogP contribution < -0.4 is 5.73 Å². The van der Waals surface area contributed by atoms with E-state index in [0.29, 0.717) is 16.9 Å². The summed E-state index contributed by atoms with van der Waals surface area (Å²) in [5.41, 5.74) is 7.09. The lowest BCUT2D eigenvalue weighted by molar-refractivity contribution is 0.0519. The topological polar surface area (TPSA) is 95.2 Å². The summed E-state index contributed by atoms with van der Waals surface area (Å²) in [4.78, 5) is 29.4. The molecule has 0 unspecified atom stereocenters. The van der Waals surface area contributed by atoms with E-state index in [1.165, 1.54) is 0 Å². The van der Waals surface area contributed by atoms with Crippen molar-refractivity contribution >= 4 is 35.1 Å². The summed E-state index contributed by atoms with van der Waals surface area (Å²) >= 11 is 11.4. The number of hydrogen-bond acceptors (Lipinski definition) is 5. The van der Waals surface area contributed by atoms with Crippen LogP contribution in [-0.4, -0.2) is 28.5 Å². The normalized spacial score (nSPS) is 9.71. The first-order valence-electron chi connectivity index (χ1n) is 6.99. The molecule has 8 heteroatoms. The average Bonchev–Trinajstić information content (AvgIpc) is 2.53. The van der Waals surface area contributed by atoms with E-state index in [4.69, 9.17) is 33.7 Å². The first-order valence-corrected chi connectivity index (χ1v) is 7.75. The van der Waals surface area contributed by atoms with Crippen LogP contribution in [-0.2, 0) is 4.74 Å². The number of nitrogens with two attached hydrogens (primary N) is 1. The van der Waals surface area contributed by atoms with Gasteiger partial charge in [0.25, 0.3) is 5.91 Å². The number of esters is 1. The molecule has 1 amide bonds. The molecule has 0 saturated carbocycles. The molecular formula is C16H17Cl2N3O3. The van der Waals surface area contributed by atoms with Gasteiger partial charge < -0.3 is 10.5 Å². The number of amides is 1. The van der Waals surface area contributed by atoms with Crippen molar-refractivity contribution in [2.75, 3.05) is 6.61 Å². The second-order valence-corrected chi connectivity index (χ2v) is 5.41. The fourth-order valence-electron chi connectivity index (χ4n) is 1.46. The maximum Gasteiger partial charge on any atom is 0.356 e. The average molecular weight is 370 g/mol. The third kappa shape index (κ3) is 5.79. The number of aryl methyl sites for hydroxylation is 2. The van der Waals surface area contributed by atoms with Crippen LogP contribution >= 0.6 is 23.2 Å². The van der Waals surface area contributed by atoms with Gasteiger partial charge in [-0.1, -0.05) is 35.3 Å². The van der Waals surface area contributed by atoms with Crippen LogP contribution in [0.4, 0.5) is 0 Å². The minimum Gasteiger partial charge on any atom is -0.461 e. The van der Waals surface area contributed by atoms with Crippen LogP contribution in [0.15, 0.2) is 24.3 Å². The fraction of sp³-hybridized carbons (Fsp3) is 0.250. The van der Waals surface area contributed by atoms with Crippen molar-refractivity contribution in [2.45, 2.75) is 20.8 Å². The lowest BCUT2D eigenvalue weighted by Crippen LogP contribution is -2.12. The number of aromatic nitrogens is 2. The molecule has 0 fully saturated rings. The third-order valence-corrected chi connectivity index (χ3v) is 3.57. The molecular weight excluding hydrogens is 353 g/mol. The lowest BCUT2D eigenvalue weighted by Gasteiger charge is -2.02. The van der Waals surface area contributed by atoms with Crippen molar-refractivity contribution in [3.05, 3.63) is 57.1 Å². The van der Waals surface area contributed by atoms with E-state index in [1.807, 2.05) is 6.92 Å². The highest BCUT2D eigenvalue weighted by atomic mass is 35.5. The van der Waals surface area contributed by atoms with E-state index in [1.54, 1.807) is 38.1 Å². The van der Waals surface area contributed by atoms with Crippen LogP contribution in [0.3, 0.4) is 0 Å². The summed E-state index contributed by atoms with van der Waals surface area (Å²) in [5.74, 6) is -1.00. The zero-order chi connectivity index (χ0) is 18.3. The number of rotatable bonds is 3. The summed E-state index contributed by atoms with van der Waals surface area (Å²) in [5, 5.41) is 0.659. The third-order valence-electron chi connectivity index (χ3n) is 2.81. The first-order chi connectivity index (χ1) is 11.3. The van der Waals surface area contributed by atoms with Crippen LogP contribution in [0.1, 0.15) is 39.0 Å². The Morgan fingerprint density at radius 3 is 1.88 bits per heavy atom. The van der Waals surface area contributed by atoms with Crippen molar-refractivity contribution in [2.24, 2.45) is 5.73 Å². The predicted octanol–water partition coefficient (Wildman–Crippen LogP) is 3.36. The number of halogens is 2. The minimum absolute atomic E-state index is 0.195. The molecule has 24 heavy (non-hydrogen) atoms. The van der Waals surface area contributed by atoms with E-state index < -0.39 is 11.9 Å². The Hall–Kier alpha value is -2.18. The van der Waals surface area contributed by atoms with Crippen LogP contribution in [0.5, 0.6) is 0 Å². The Bertz CT molecular complexity index is 751. The van der Waals surface area contributed by atoms with Gasteiger partial charge >= 0.3 is 5.97 Å². The molecule has 0 bridgehead atoms. The number of carbonyl (C=O) groups is 2. The van der Waals surface area contributed by atoms with Crippen LogP contribution in [0.2, 0.25) is 10.3 Å². The van der Waals surface area contributed by atoms with Crippen molar-refractivity contribution in [3.63, 3.8) is 0 Å². The smallest absolute Gasteiger partial charge is 0.356 e. The second-order valence-electron chi connectivity index (χ2n) is 4.69. The molecule has 2 aromatic rings. The van der Waals surface area contributed by atoms with Gasteiger partial charge in [0.15, 0.2) is 0 Å². The Labute approximate surface area is 150 Å². The Balaban J connectivity index is 0.000000243. The molecule has 0 atom stereocenters. The number of primary amides is 1. The maximum absolute atomic E-state index is 11.2. The Morgan fingerprint density at radius 2 is 1.46 bits per heavy atom. The van der Waals surface area contributed by atoms with E-state index >= 15 is 0 Å². The quantitative estimate of drug-likeness (QED) is 0.660. The Morgan fingerprint density at radius 1 is 1.00 bits per heavy atom. The molecule has 128 valence electrons. The molecule has 2 N–H and O–H groups in total. The van der Waals surface area contributed by atoms with Gasteiger partial charge in [0.2, 0.25) is 0 Å². The molecule has 2 aromatic heterocycles. The van der Waals surface area contributed by atoms with Gasteiger partial charge in [-0.15, -0.1) is 0 Å². The SMILES string of the molecule is CCOC(=O)c1ccc(C)c(Cl)n1.Cc1ccc(C(N)=O)nc1Cl. The molecule has 0 aliphatic carbocycles. The zero-order valence-electron chi connectivity index (χ0n) is 13.5. The van der Waals surface area contributed by atoms with Gasteiger partial charge in [-0.3, -0.25) is 4.79 Å². The van der Waals surface area contributed by atoms with Gasteiger partial charge in [0.1, 0.15) is 21.7 Å². The van der Waals surface area contributed by atoms with E-state index in [9.17, 15) is 9.59 Å². The zero-order valence-corrected chi connectivity index (χ0v) is 15.0. The summed E-state index contributed by atoms with van der Waals surface area (Å²) in [6.45, 7) is 5.71. The molecule has 2 rings (SSSR count). The van der Waals surface area contributed by atoms with E-state index in [0.717, 1.165) is 11.1 Å². The number of hydrogen-bond donors (Lipinski definition) is 1. The van der Waals surface area contributed by atoms with E-state index in [-0.39, 0.29) is 11.4 Å². The summed E-state index contributed by atoms with van der Waals surface area (Å²) in [6.07, 6.45) is 0. The molecule has 0 aliphatic rings. The maximum atomic E-state index is 11.2. The van der Waals surface area contributed by atoms with E-state index in [2.05, 4.69) is 9.97 Å². The number of nitrogens with zero attached hydrogens (tertiary/aromatic N) is 2. The highest BCUT2D eigenvalue weighted by Crippen LogP contribution is 2.13.